The molecule has 1 saturated heterocycles. The predicted molar refractivity (Wildman–Crippen MR) is 129 cm³/mol. The molecule has 0 spiro atoms. The van der Waals surface area contributed by atoms with Gasteiger partial charge < -0.3 is 14.7 Å². The van der Waals surface area contributed by atoms with Gasteiger partial charge in [-0.2, -0.15) is 0 Å². The summed E-state index contributed by atoms with van der Waals surface area (Å²) in [5.41, 5.74) is 3.75. The van der Waals surface area contributed by atoms with Crippen molar-refractivity contribution in [3.63, 3.8) is 0 Å². The number of aliphatic imine (C=N–C) groups is 1. The molecular weight excluding hydrogens is 477 g/mol. The fourth-order valence-electron chi connectivity index (χ4n) is 3.50. The summed E-state index contributed by atoms with van der Waals surface area (Å²) in [6, 6.07) is 10.9. The Morgan fingerprint density at radius 3 is 2.38 bits per heavy atom. The van der Waals surface area contributed by atoms with Gasteiger partial charge in [0, 0.05) is 51.9 Å². The number of nitrogens with zero attached hydrogens (tertiary/aromatic N) is 4. The molecule has 1 aromatic heterocycles. The van der Waals surface area contributed by atoms with Crippen LogP contribution in [0.3, 0.4) is 0 Å². The van der Waals surface area contributed by atoms with E-state index in [1.807, 2.05) is 13.0 Å². The molecule has 0 radical (unpaired) electrons. The number of rotatable bonds is 7. The molecule has 0 saturated carbocycles. The summed E-state index contributed by atoms with van der Waals surface area (Å²) in [6.07, 6.45) is 2.07. The van der Waals surface area contributed by atoms with Crippen molar-refractivity contribution in [1.29, 1.82) is 0 Å². The van der Waals surface area contributed by atoms with Crippen LogP contribution in [0.25, 0.3) is 0 Å². The monoisotopic (exact) mass is 511 g/mol. The van der Waals surface area contributed by atoms with Gasteiger partial charge in [0.1, 0.15) is 5.76 Å². The summed E-state index contributed by atoms with van der Waals surface area (Å²) < 4.78 is 5.17. The van der Waals surface area contributed by atoms with Crippen molar-refractivity contribution >= 4 is 29.9 Å². The third kappa shape index (κ3) is 7.29. The van der Waals surface area contributed by atoms with Crippen molar-refractivity contribution < 1.29 is 4.52 Å². The van der Waals surface area contributed by atoms with Gasteiger partial charge in [-0.3, -0.25) is 9.89 Å². The van der Waals surface area contributed by atoms with E-state index in [-0.39, 0.29) is 24.0 Å². The van der Waals surface area contributed by atoms with Gasteiger partial charge in [-0.05, 0) is 37.8 Å². The molecule has 3 rings (SSSR count). The highest BCUT2D eigenvalue weighted by molar-refractivity contribution is 14.0. The number of benzene rings is 1. The molecule has 1 aromatic carbocycles. The first-order valence-electron chi connectivity index (χ1n) is 10.4. The van der Waals surface area contributed by atoms with E-state index >= 15 is 0 Å². The molecule has 6 nitrogen and oxygen atoms in total. The second kappa shape index (κ2) is 12.2. The molecule has 1 fully saturated rings. The van der Waals surface area contributed by atoms with Gasteiger partial charge >= 0.3 is 0 Å². The van der Waals surface area contributed by atoms with Crippen molar-refractivity contribution in [3.05, 3.63) is 52.9 Å². The highest BCUT2D eigenvalue weighted by atomic mass is 127. The number of hydrogen-bond acceptors (Lipinski definition) is 4. The predicted octanol–water partition coefficient (Wildman–Crippen LogP) is 3.49. The van der Waals surface area contributed by atoms with Crippen LogP contribution >= 0.6 is 24.0 Å². The van der Waals surface area contributed by atoms with Crippen molar-refractivity contribution in [2.24, 2.45) is 4.99 Å². The maximum Gasteiger partial charge on any atom is 0.194 e. The number of guanidine groups is 1. The SMILES string of the molecule is CCNC(=NCCc1ccc(CC)cc1)N1CCN(Cc2cc(C)on2)CC1.I. The zero-order valence-electron chi connectivity index (χ0n) is 17.9. The summed E-state index contributed by atoms with van der Waals surface area (Å²) in [5, 5.41) is 7.56. The van der Waals surface area contributed by atoms with Crippen LogP contribution in [-0.4, -0.2) is 60.2 Å². The van der Waals surface area contributed by atoms with Gasteiger partial charge in [0.2, 0.25) is 0 Å². The molecule has 2 heterocycles. The lowest BCUT2D eigenvalue weighted by Gasteiger charge is -2.36. The minimum atomic E-state index is 0. The maximum atomic E-state index is 5.17. The van der Waals surface area contributed by atoms with Crippen LogP contribution in [0.4, 0.5) is 0 Å². The van der Waals surface area contributed by atoms with Crippen molar-refractivity contribution in [2.75, 3.05) is 39.3 Å². The zero-order chi connectivity index (χ0) is 19.8. The van der Waals surface area contributed by atoms with Crippen LogP contribution < -0.4 is 5.32 Å². The van der Waals surface area contributed by atoms with Crippen LogP contribution in [-0.2, 0) is 19.4 Å². The van der Waals surface area contributed by atoms with E-state index in [0.29, 0.717) is 0 Å². The number of aromatic nitrogens is 1. The van der Waals surface area contributed by atoms with E-state index in [0.717, 1.165) is 76.1 Å². The van der Waals surface area contributed by atoms with Crippen molar-refractivity contribution in [3.8, 4) is 0 Å². The second-order valence-corrected chi connectivity index (χ2v) is 7.35. The van der Waals surface area contributed by atoms with Crippen LogP contribution in [0.2, 0.25) is 0 Å². The maximum absolute atomic E-state index is 5.17. The van der Waals surface area contributed by atoms with E-state index in [1.165, 1.54) is 11.1 Å². The van der Waals surface area contributed by atoms with Gasteiger partial charge in [0.25, 0.3) is 0 Å². The highest BCUT2D eigenvalue weighted by Gasteiger charge is 2.20. The fraction of sp³-hybridized carbons (Fsp3) is 0.545. The van der Waals surface area contributed by atoms with E-state index in [4.69, 9.17) is 9.52 Å². The summed E-state index contributed by atoms with van der Waals surface area (Å²) in [6.45, 7) is 12.8. The quantitative estimate of drug-likeness (QED) is 0.351. The lowest BCUT2D eigenvalue weighted by molar-refractivity contribution is 0.169. The minimum absolute atomic E-state index is 0. The van der Waals surface area contributed by atoms with E-state index < -0.39 is 0 Å². The van der Waals surface area contributed by atoms with E-state index in [2.05, 4.69) is 58.4 Å². The van der Waals surface area contributed by atoms with Crippen LogP contribution in [0.5, 0.6) is 0 Å². The molecule has 160 valence electrons. The van der Waals surface area contributed by atoms with Gasteiger partial charge in [-0.1, -0.05) is 36.3 Å². The summed E-state index contributed by atoms with van der Waals surface area (Å²) in [5.74, 6) is 1.91. The Balaban J connectivity index is 0.00000300. The molecule has 0 atom stereocenters. The summed E-state index contributed by atoms with van der Waals surface area (Å²) in [4.78, 5) is 9.67. The fourth-order valence-corrected chi connectivity index (χ4v) is 3.50. The first kappa shape index (κ1) is 23.7. The molecule has 7 heteroatoms. The Morgan fingerprint density at radius 2 is 1.79 bits per heavy atom. The molecule has 0 bridgehead atoms. The summed E-state index contributed by atoms with van der Waals surface area (Å²) >= 11 is 0. The molecule has 0 aliphatic carbocycles. The molecular formula is C22H34IN5O. The van der Waals surface area contributed by atoms with Gasteiger partial charge in [0.15, 0.2) is 5.96 Å². The summed E-state index contributed by atoms with van der Waals surface area (Å²) in [7, 11) is 0. The lowest BCUT2D eigenvalue weighted by Crippen LogP contribution is -2.52. The molecule has 0 amide bonds. The van der Waals surface area contributed by atoms with E-state index in [9.17, 15) is 0 Å². The average Bonchev–Trinajstić information content (AvgIpc) is 3.13. The van der Waals surface area contributed by atoms with E-state index in [1.54, 1.807) is 0 Å². The molecule has 1 aliphatic rings. The smallest absolute Gasteiger partial charge is 0.194 e. The first-order chi connectivity index (χ1) is 13.7. The first-order valence-corrected chi connectivity index (χ1v) is 10.4. The topological polar surface area (TPSA) is 56.9 Å². The van der Waals surface area contributed by atoms with Gasteiger partial charge in [-0.25, -0.2) is 0 Å². The Morgan fingerprint density at radius 1 is 1.10 bits per heavy atom. The number of nitrogens with one attached hydrogen (secondary N) is 1. The number of hydrogen-bond donors (Lipinski definition) is 1. The van der Waals surface area contributed by atoms with Crippen molar-refractivity contribution in [2.45, 2.75) is 40.2 Å². The average molecular weight is 511 g/mol. The Kier molecular flexibility index (Phi) is 9.93. The number of aryl methyl sites for hydroxylation is 2. The number of piperazine rings is 1. The third-order valence-corrected chi connectivity index (χ3v) is 5.16. The van der Waals surface area contributed by atoms with Crippen molar-refractivity contribution in [1.82, 2.24) is 20.3 Å². The normalized spacial score (nSPS) is 15.3. The molecule has 1 N–H and O–H groups in total. The molecule has 0 unspecified atom stereocenters. The number of halogens is 1. The largest absolute Gasteiger partial charge is 0.361 e. The third-order valence-electron chi connectivity index (χ3n) is 5.16. The minimum Gasteiger partial charge on any atom is -0.361 e. The molecule has 2 aromatic rings. The Bertz CT molecular complexity index is 751. The lowest BCUT2D eigenvalue weighted by atomic mass is 10.1. The van der Waals surface area contributed by atoms with Gasteiger partial charge in [-0.15, -0.1) is 24.0 Å². The molecule has 29 heavy (non-hydrogen) atoms. The zero-order valence-corrected chi connectivity index (χ0v) is 20.2. The van der Waals surface area contributed by atoms with Crippen LogP contribution in [0.15, 0.2) is 39.8 Å². The molecule has 1 aliphatic heterocycles. The second-order valence-electron chi connectivity index (χ2n) is 7.35. The van der Waals surface area contributed by atoms with Crippen LogP contribution in [0, 0.1) is 6.92 Å². The highest BCUT2D eigenvalue weighted by Crippen LogP contribution is 2.10. The Labute approximate surface area is 191 Å². The Hall–Kier alpha value is -1.61. The van der Waals surface area contributed by atoms with Gasteiger partial charge in [0.05, 0.1) is 5.69 Å². The standard InChI is InChI=1S/C22H33N5O.HI/c1-4-19-6-8-20(9-7-19)10-11-24-22(23-5-2)27-14-12-26(13-15-27)17-21-16-18(3)28-25-21;/h6-9,16H,4-5,10-15,17H2,1-3H3,(H,23,24);1H. The van der Waals surface area contributed by atoms with Crippen LogP contribution in [0.1, 0.15) is 36.4 Å².